The van der Waals surface area contributed by atoms with E-state index in [-0.39, 0.29) is 12.2 Å². The average molecular weight is 450 g/mol. The van der Waals surface area contributed by atoms with E-state index in [1.165, 1.54) is 9.13 Å². The van der Waals surface area contributed by atoms with Crippen molar-refractivity contribution in [2.24, 2.45) is 19.8 Å². The Hall–Kier alpha value is -3.69. The molecule has 0 aliphatic carbocycles. The van der Waals surface area contributed by atoms with Crippen molar-refractivity contribution in [3.05, 3.63) is 91.7 Å². The molecular formula is C22H20ClN7O2. The fraction of sp³-hybridized carbons (Fsp3) is 0.182. The number of halogens is 1. The van der Waals surface area contributed by atoms with E-state index in [0.717, 1.165) is 16.5 Å². The number of nitrogens with one attached hydrogen (secondary N) is 1. The lowest BCUT2D eigenvalue weighted by Crippen LogP contribution is -2.39. The predicted molar refractivity (Wildman–Crippen MR) is 123 cm³/mol. The van der Waals surface area contributed by atoms with Gasteiger partial charge in [0.15, 0.2) is 11.2 Å². The molecular weight excluding hydrogens is 430 g/mol. The first-order valence-corrected chi connectivity index (χ1v) is 10.3. The number of imidazole rings is 1. The second-order valence-electron chi connectivity index (χ2n) is 7.69. The molecule has 0 saturated heterocycles. The van der Waals surface area contributed by atoms with Gasteiger partial charge >= 0.3 is 5.69 Å². The van der Waals surface area contributed by atoms with Crippen molar-refractivity contribution in [3.63, 3.8) is 0 Å². The van der Waals surface area contributed by atoms with Gasteiger partial charge in [-0.3, -0.25) is 18.9 Å². The first kappa shape index (κ1) is 20.2. The highest BCUT2D eigenvalue weighted by Crippen LogP contribution is 2.24. The van der Waals surface area contributed by atoms with Gasteiger partial charge in [-0.1, -0.05) is 23.7 Å². The van der Waals surface area contributed by atoms with Crippen molar-refractivity contribution < 1.29 is 0 Å². The maximum Gasteiger partial charge on any atom is 0.332 e. The number of benzene rings is 1. The lowest BCUT2D eigenvalue weighted by molar-refractivity contribution is 0.648. The molecule has 1 atom stereocenters. The number of aromatic amines is 1. The minimum absolute atomic E-state index is 0.0711. The molecule has 1 aromatic carbocycles. The number of nitrogens with two attached hydrogens (primary N) is 1. The van der Waals surface area contributed by atoms with E-state index < -0.39 is 17.3 Å². The maximum atomic E-state index is 13.4. The Labute approximate surface area is 186 Å². The largest absolute Gasteiger partial charge is 0.357 e. The third-order valence-corrected chi connectivity index (χ3v) is 6.04. The standard InChI is InChI=1S/C22H20ClN7O2/c1-28-18-20(27-19(28)17(24)12-5-4-8-25-10-12)29(2)22(32)30(21(18)31)11-13-9-14-15(23)6-3-7-16(14)26-13/h3-10,17,26H,11,24H2,1-2H3. The zero-order chi connectivity index (χ0) is 22.6. The van der Waals surface area contributed by atoms with Crippen LogP contribution in [0.2, 0.25) is 5.02 Å². The summed E-state index contributed by atoms with van der Waals surface area (Å²) in [5.74, 6) is 0.468. The van der Waals surface area contributed by atoms with Gasteiger partial charge < -0.3 is 15.3 Å². The minimum Gasteiger partial charge on any atom is -0.357 e. The molecule has 162 valence electrons. The van der Waals surface area contributed by atoms with Gasteiger partial charge in [0.1, 0.15) is 5.82 Å². The molecule has 4 heterocycles. The lowest BCUT2D eigenvalue weighted by atomic mass is 10.1. The molecule has 0 saturated carbocycles. The van der Waals surface area contributed by atoms with Crippen LogP contribution in [-0.2, 0) is 20.6 Å². The van der Waals surface area contributed by atoms with Crippen molar-refractivity contribution in [1.82, 2.24) is 28.7 Å². The Bertz CT molecular complexity index is 1590. The van der Waals surface area contributed by atoms with E-state index in [0.29, 0.717) is 22.1 Å². The molecule has 4 aromatic heterocycles. The zero-order valence-corrected chi connectivity index (χ0v) is 18.2. The fourth-order valence-electron chi connectivity index (χ4n) is 4.02. The quantitative estimate of drug-likeness (QED) is 0.435. The van der Waals surface area contributed by atoms with E-state index in [1.807, 2.05) is 24.3 Å². The van der Waals surface area contributed by atoms with Crippen LogP contribution < -0.4 is 17.0 Å². The summed E-state index contributed by atoms with van der Waals surface area (Å²) < 4.78 is 4.20. The normalized spacial score (nSPS) is 12.6. The van der Waals surface area contributed by atoms with Gasteiger partial charge in [0.25, 0.3) is 5.56 Å². The van der Waals surface area contributed by atoms with Crippen LogP contribution in [0.5, 0.6) is 0 Å². The maximum absolute atomic E-state index is 13.4. The second kappa shape index (κ2) is 7.47. The van der Waals surface area contributed by atoms with Gasteiger partial charge in [-0.2, -0.15) is 0 Å². The SMILES string of the molecule is Cn1c(C(N)c2cccnc2)nc2c1c(=O)n(Cc1cc3c(Cl)cccc3[nH]1)c(=O)n2C. The molecule has 32 heavy (non-hydrogen) atoms. The Balaban J connectivity index is 1.66. The van der Waals surface area contributed by atoms with Gasteiger partial charge in [-0.25, -0.2) is 9.78 Å². The summed E-state index contributed by atoms with van der Waals surface area (Å²) in [6, 6.07) is 10.4. The number of H-pyrrole nitrogens is 1. The third-order valence-electron chi connectivity index (χ3n) is 5.71. The van der Waals surface area contributed by atoms with Crippen molar-refractivity contribution in [1.29, 1.82) is 0 Å². The topological polar surface area (TPSA) is 117 Å². The number of aromatic nitrogens is 6. The van der Waals surface area contributed by atoms with Gasteiger partial charge in [-0.15, -0.1) is 0 Å². The molecule has 0 fully saturated rings. The number of hydrogen-bond acceptors (Lipinski definition) is 5. The predicted octanol–water partition coefficient (Wildman–Crippen LogP) is 2.06. The van der Waals surface area contributed by atoms with Gasteiger partial charge in [0.05, 0.1) is 12.6 Å². The summed E-state index contributed by atoms with van der Waals surface area (Å²) in [5, 5.41) is 1.43. The molecule has 0 aliphatic rings. The fourth-order valence-corrected chi connectivity index (χ4v) is 4.25. The van der Waals surface area contributed by atoms with Crippen molar-refractivity contribution in [2.75, 3.05) is 0 Å². The van der Waals surface area contributed by atoms with Crippen LogP contribution in [-0.4, -0.2) is 28.7 Å². The lowest BCUT2D eigenvalue weighted by Gasteiger charge is -2.11. The summed E-state index contributed by atoms with van der Waals surface area (Å²) in [7, 11) is 3.31. The molecule has 9 nitrogen and oxygen atoms in total. The molecule has 10 heteroatoms. The van der Waals surface area contributed by atoms with E-state index in [9.17, 15) is 9.59 Å². The molecule has 0 bridgehead atoms. The first-order valence-electron chi connectivity index (χ1n) is 9.94. The van der Waals surface area contributed by atoms with Crippen LogP contribution in [0.15, 0.2) is 58.4 Å². The summed E-state index contributed by atoms with van der Waals surface area (Å²) in [6.45, 7) is 0.0711. The summed E-state index contributed by atoms with van der Waals surface area (Å²) in [5.41, 5.74) is 8.37. The number of hydrogen-bond donors (Lipinski definition) is 2. The van der Waals surface area contributed by atoms with Crippen molar-refractivity contribution in [3.8, 4) is 0 Å². The van der Waals surface area contributed by atoms with Crippen LogP contribution in [0.1, 0.15) is 23.1 Å². The highest BCUT2D eigenvalue weighted by molar-refractivity contribution is 6.35. The van der Waals surface area contributed by atoms with Crippen LogP contribution in [0.25, 0.3) is 22.1 Å². The van der Waals surface area contributed by atoms with E-state index in [4.69, 9.17) is 17.3 Å². The van der Waals surface area contributed by atoms with Gasteiger partial charge in [-0.05, 0) is 29.8 Å². The molecule has 0 radical (unpaired) electrons. The molecule has 0 amide bonds. The monoisotopic (exact) mass is 449 g/mol. The van der Waals surface area contributed by atoms with E-state index >= 15 is 0 Å². The molecule has 5 aromatic rings. The molecule has 0 spiro atoms. The number of rotatable bonds is 4. The Kier molecular flexibility index (Phi) is 4.72. The zero-order valence-electron chi connectivity index (χ0n) is 17.4. The van der Waals surface area contributed by atoms with Crippen molar-refractivity contribution >= 4 is 33.7 Å². The minimum atomic E-state index is -0.597. The van der Waals surface area contributed by atoms with E-state index in [2.05, 4.69) is 15.0 Å². The number of nitrogens with zero attached hydrogens (tertiary/aromatic N) is 5. The first-order chi connectivity index (χ1) is 15.4. The Morgan fingerprint density at radius 3 is 2.69 bits per heavy atom. The number of pyridine rings is 1. The molecule has 5 rings (SSSR count). The second-order valence-corrected chi connectivity index (χ2v) is 8.10. The summed E-state index contributed by atoms with van der Waals surface area (Å²) >= 11 is 6.26. The summed E-state index contributed by atoms with van der Waals surface area (Å²) in [6.07, 6.45) is 3.31. The highest BCUT2D eigenvalue weighted by atomic mass is 35.5. The number of fused-ring (bicyclic) bond motifs is 2. The Morgan fingerprint density at radius 1 is 1.16 bits per heavy atom. The molecule has 1 unspecified atom stereocenters. The average Bonchev–Trinajstić information content (AvgIpc) is 3.37. The van der Waals surface area contributed by atoms with Crippen molar-refractivity contribution in [2.45, 2.75) is 12.6 Å². The van der Waals surface area contributed by atoms with Crippen LogP contribution in [0.4, 0.5) is 0 Å². The highest BCUT2D eigenvalue weighted by Gasteiger charge is 2.23. The molecule has 0 aliphatic heterocycles. The number of aryl methyl sites for hydroxylation is 2. The summed E-state index contributed by atoms with van der Waals surface area (Å²) in [4.78, 5) is 38.3. The van der Waals surface area contributed by atoms with E-state index in [1.54, 1.807) is 43.2 Å². The Morgan fingerprint density at radius 2 is 1.97 bits per heavy atom. The van der Waals surface area contributed by atoms with Gasteiger partial charge in [0, 0.05) is 48.1 Å². The molecule has 3 N–H and O–H groups in total. The van der Waals surface area contributed by atoms with Crippen LogP contribution >= 0.6 is 11.6 Å². The smallest absolute Gasteiger partial charge is 0.332 e. The van der Waals surface area contributed by atoms with Crippen LogP contribution in [0.3, 0.4) is 0 Å². The van der Waals surface area contributed by atoms with Crippen LogP contribution in [0, 0.1) is 0 Å². The van der Waals surface area contributed by atoms with Gasteiger partial charge in [0.2, 0.25) is 0 Å². The third kappa shape index (κ3) is 3.05.